The Balaban J connectivity index is 2.65. The van der Waals surface area contributed by atoms with Gasteiger partial charge in [0.2, 0.25) is 0 Å². The molecule has 1 amide bonds. The fourth-order valence-corrected chi connectivity index (χ4v) is 2.56. The van der Waals surface area contributed by atoms with Gasteiger partial charge in [-0.3, -0.25) is 4.79 Å². The summed E-state index contributed by atoms with van der Waals surface area (Å²) in [6, 6.07) is 1.98. The number of aryl methyl sites for hydroxylation is 2. The molecule has 0 aliphatic carbocycles. The molecule has 1 heterocycles. The topological polar surface area (TPSA) is 49.3 Å². The molecule has 16 heavy (non-hydrogen) atoms. The lowest BCUT2D eigenvalue weighted by Gasteiger charge is -2.10. The van der Waals surface area contributed by atoms with Crippen molar-refractivity contribution in [2.75, 3.05) is 6.61 Å². The van der Waals surface area contributed by atoms with E-state index in [1.54, 1.807) is 0 Å². The van der Waals surface area contributed by atoms with Gasteiger partial charge >= 0.3 is 0 Å². The van der Waals surface area contributed by atoms with Crippen LogP contribution in [0.15, 0.2) is 6.07 Å². The molecule has 3 nitrogen and oxygen atoms in total. The Morgan fingerprint density at radius 2 is 2.31 bits per heavy atom. The number of thiophene rings is 1. The zero-order chi connectivity index (χ0) is 12.1. The highest BCUT2D eigenvalue weighted by Gasteiger charge is 2.13. The van der Waals surface area contributed by atoms with Crippen molar-refractivity contribution in [1.29, 1.82) is 0 Å². The number of hydrogen-bond donors (Lipinski definition) is 2. The zero-order valence-electron chi connectivity index (χ0n) is 10.0. The molecule has 90 valence electrons. The maximum absolute atomic E-state index is 11.8. The summed E-state index contributed by atoms with van der Waals surface area (Å²) in [5.74, 6) is -0.0336. The highest BCUT2D eigenvalue weighted by Crippen LogP contribution is 2.21. The molecule has 0 aliphatic rings. The maximum Gasteiger partial charge on any atom is 0.261 e. The molecule has 1 unspecified atom stereocenters. The van der Waals surface area contributed by atoms with Crippen LogP contribution in [0, 0.1) is 6.92 Å². The average Bonchev–Trinajstić information content (AvgIpc) is 2.60. The van der Waals surface area contributed by atoms with Gasteiger partial charge in [-0.05, 0) is 38.3 Å². The minimum atomic E-state index is -0.0336. The average molecular weight is 241 g/mol. The third-order valence-corrected chi connectivity index (χ3v) is 3.66. The molecule has 1 aromatic rings. The van der Waals surface area contributed by atoms with E-state index in [0.29, 0.717) is 6.42 Å². The van der Waals surface area contributed by atoms with Crippen molar-refractivity contribution in [3.63, 3.8) is 0 Å². The van der Waals surface area contributed by atoms with Crippen molar-refractivity contribution in [2.45, 2.75) is 39.7 Å². The Morgan fingerprint density at radius 3 is 2.81 bits per heavy atom. The van der Waals surface area contributed by atoms with Crippen LogP contribution in [-0.2, 0) is 6.42 Å². The van der Waals surface area contributed by atoms with Gasteiger partial charge in [0, 0.05) is 17.5 Å². The molecule has 1 aromatic heterocycles. The van der Waals surface area contributed by atoms with Crippen molar-refractivity contribution in [3.8, 4) is 0 Å². The van der Waals surface area contributed by atoms with Gasteiger partial charge in [-0.25, -0.2) is 0 Å². The summed E-state index contributed by atoms with van der Waals surface area (Å²) in [7, 11) is 0. The maximum atomic E-state index is 11.8. The number of nitrogens with one attached hydrogen (secondary N) is 1. The third kappa shape index (κ3) is 3.32. The monoisotopic (exact) mass is 241 g/mol. The summed E-state index contributed by atoms with van der Waals surface area (Å²) in [6.07, 6.45) is 1.55. The number of carbonyl (C=O) groups is 1. The predicted octanol–water partition coefficient (Wildman–Crippen LogP) is 2.12. The lowest BCUT2D eigenvalue weighted by Crippen LogP contribution is -2.32. The fourth-order valence-electron chi connectivity index (χ4n) is 1.54. The molecule has 2 N–H and O–H groups in total. The lowest BCUT2D eigenvalue weighted by atomic mass is 10.2. The summed E-state index contributed by atoms with van der Waals surface area (Å²) in [5.41, 5.74) is 1.24. The summed E-state index contributed by atoms with van der Waals surface area (Å²) < 4.78 is 0. The smallest absolute Gasteiger partial charge is 0.261 e. The van der Waals surface area contributed by atoms with Crippen LogP contribution >= 0.6 is 11.3 Å². The van der Waals surface area contributed by atoms with E-state index in [9.17, 15) is 4.79 Å². The minimum absolute atomic E-state index is 0.0185. The summed E-state index contributed by atoms with van der Waals surface area (Å²) in [4.78, 5) is 13.8. The number of carbonyl (C=O) groups excluding carboxylic acids is 1. The van der Waals surface area contributed by atoms with Crippen LogP contribution in [0.2, 0.25) is 0 Å². The zero-order valence-corrected chi connectivity index (χ0v) is 10.9. The second-order valence-corrected chi connectivity index (χ2v) is 5.19. The van der Waals surface area contributed by atoms with Crippen LogP contribution in [0.5, 0.6) is 0 Å². The van der Waals surface area contributed by atoms with Gasteiger partial charge in [0.15, 0.2) is 0 Å². The van der Waals surface area contributed by atoms with Crippen LogP contribution in [0.1, 0.15) is 40.4 Å². The van der Waals surface area contributed by atoms with Crippen molar-refractivity contribution < 1.29 is 9.90 Å². The molecule has 4 heteroatoms. The minimum Gasteiger partial charge on any atom is -0.396 e. The second kappa shape index (κ2) is 6.01. The van der Waals surface area contributed by atoms with Crippen LogP contribution in [-0.4, -0.2) is 23.7 Å². The summed E-state index contributed by atoms with van der Waals surface area (Å²) in [6.45, 7) is 6.13. The summed E-state index contributed by atoms with van der Waals surface area (Å²) in [5, 5.41) is 11.6. The molecule has 1 rings (SSSR count). The number of aliphatic hydroxyl groups excluding tert-OH is 1. The fraction of sp³-hybridized carbons (Fsp3) is 0.583. The lowest BCUT2D eigenvalue weighted by molar-refractivity contribution is 0.0938. The van der Waals surface area contributed by atoms with Crippen molar-refractivity contribution in [2.24, 2.45) is 0 Å². The highest BCUT2D eigenvalue weighted by atomic mass is 32.1. The summed E-state index contributed by atoms with van der Waals surface area (Å²) >= 11 is 1.53. The third-order valence-electron chi connectivity index (χ3n) is 2.56. The van der Waals surface area contributed by atoms with E-state index in [-0.39, 0.29) is 18.6 Å². The molecule has 0 bridgehead atoms. The largest absolute Gasteiger partial charge is 0.396 e. The number of aliphatic hydroxyl groups is 1. The molecule has 0 aliphatic heterocycles. The van der Waals surface area contributed by atoms with Gasteiger partial charge in [-0.1, -0.05) is 6.92 Å². The van der Waals surface area contributed by atoms with E-state index in [1.807, 2.05) is 19.9 Å². The van der Waals surface area contributed by atoms with E-state index in [2.05, 4.69) is 12.2 Å². The van der Waals surface area contributed by atoms with Crippen molar-refractivity contribution >= 4 is 17.2 Å². The SMILES string of the molecule is CCc1cc(C(=O)NC(C)CCO)sc1C. The van der Waals surface area contributed by atoms with Gasteiger partial charge in [0.25, 0.3) is 5.91 Å². The Labute approximate surface area is 100 Å². The molecule has 0 saturated carbocycles. The van der Waals surface area contributed by atoms with Gasteiger partial charge in [-0.2, -0.15) is 0 Å². The van der Waals surface area contributed by atoms with Crippen LogP contribution in [0.4, 0.5) is 0 Å². The molecule has 0 aromatic carbocycles. The van der Waals surface area contributed by atoms with Crippen LogP contribution in [0.25, 0.3) is 0 Å². The Morgan fingerprint density at radius 1 is 1.62 bits per heavy atom. The quantitative estimate of drug-likeness (QED) is 0.829. The molecule has 0 radical (unpaired) electrons. The Hall–Kier alpha value is -0.870. The van der Waals surface area contributed by atoms with E-state index in [4.69, 9.17) is 5.11 Å². The normalized spacial score (nSPS) is 12.5. The van der Waals surface area contributed by atoms with E-state index in [0.717, 1.165) is 11.3 Å². The van der Waals surface area contributed by atoms with Crippen LogP contribution < -0.4 is 5.32 Å². The first kappa shape index (κ1) is 13.2. The predicted molar refractivity (Wildman–Crippen MR) is 67.1 cm³/mol. The molecular formula is C12H19NO2S. The van der Waals surface area contributed by atoms with E-state index >= 15 is 0 Å². The highest BCUT2D eigenvalue weighted by molar-refractivity contribution is 7.14. The Bertz CT molecular complexity index is 360. The first-order valence-electron chi connectivity index (χ1n) is 5.59. The van der Waals surface area contributed by atoms with Crippen LogP contribution in [0.3, 0.4) is 0 Å². The van der Waals surface area contributed by atoms with Gasteiger partial charge in [-0.15, -0.1) is 11.3 Å². The molecule has 0 fully saturated rings. The van der Waals surface area contributed by atoms with Gasteiger partial charge < -0.3 is 10.4 Å². The number of amides is 1. The molecule has 1 atom stereocenters. The number of rotatable bonds is 5. The van der Waals surface area contributed by atoms with Gasteiger partial charge in [0.05, 0.1) is 4.88 Å². The van der Waals surface area contributed by atoms with Gasteiger partial charge in [0.1, 0.15) is 0 Å². The Kier molecular flexibility index (Phi) is 4.96. The second-order valence-electron chi connectivity index (χ2n) is 3.93. The standard InChI is InChI=1S/C12H19NO2S/c1-4-10-7-11(16-9(10)3)12(15)13-8(2)5-6-14/h7-8,14H,4-6H2,1-3H3,(H,13,15). The molecule has 0 saturated heterocycles. The molecular weight excluding hydrogens is 222 g/mol. The van der Waals surface area contributed by atoms with Crippen molar-refractivity contribution in [1.82, 2.24) is 5.32 Å². The van der Waals surface area contributed by atoms with E-state index < -0.39 is 0 Å². The first-order chi connectivity index (χ1) is 7.58. The first-order valence-corrected chi connectivity index (χ1v) is 6.41. The van der Waals surface area contributed by atoms with E-state index in [1.165, 1.54) is 21.8 Å². The number of hydrogen-bond acceptors (Lipinski definition) is 3. The molecule has 0 spiro atoms. The van der Waals surface area contributed by atoms with Crippen molar-refractivity contribution in [3.05, 3.63) is 21.4 Å².